The predicted molar refractivity (Wildman–Crippen MR) is 85.7 cm³/mol. The highest BCUT2D eigenvalue weighted by Crippen LogP contribution is 2.27. The van der Waals surface area contributed by atoms with Gasteiger partial charge in [-0.25, -0.2) is 13.1 Å². The van der Waals surface area contributed by atoms with Crippen molar-refractivity contribution in [3.05, 3.63) is 29.3 Å². The molecule has 1 aromatic carbocycles. The maximum atomic E-state index is 12.7. The SMILES string of the molecule is Cc1ccc(C)c(S(=O)(=O)NC(CN)C2CCCCC2)c1. The molecule has 2 rings (SSSR count). The van der Waals surface area contributed by atoms with E-state index < -0.39 is 10.0 Å². The summed E-state index contributed by atoms with van der Waals surface area (Å²) in [5.74, 6) is 0.364. The van der Waals surface area contributed by atoms with E-state index in [1.807, 2.05) is 26.0 Å². The second kappa shape index (κ2) is 6.90. The fraction of sp³-hybridized carbons (Fsp3) is 0.625. The zero-order valence-electron chi connectivity index (χ0n) is 12.9. The topological polar surface area (TPSA) is 72.2 Å². The van der Waals surface area contributed by atoms with Crippen molar-refractivity contribution in [1.82, 2.24) is 4.72 Å². The van der Waals surface area contributed by atoms with Crippen molar-refractivity contribution < 1.29 is 8.42 Å². The molecule has 1 aliphatic carbocycles. The number of aryl methyl sites for hydroxylation is 2. The standard InChI is InChI=1S/C16H26N2O2S/c1-12-8-9-13(2)16(10-12)21(19,20)18-15(11-17)14-6-4-3-5-7-14/h8-10,14-15,18H,3-7,11,17H2,1-2H3. The quantitative estimate of drug-likeness (QED) is 0.877. The monoisotopic (exact) mass is 310 g/mol. The molecule has 0 saturated heterocycles. The van der Waals surface area contributed by atoms with E-state index in [1.165, 1.54) is 19.3 Å². The third kappa shape index (κ3) is 4.05. The molecule has 5 heteroatoms. The van der Waals surface area contributed by atoms with Gasteiger partial charge in [-0.2, -0.15) is 0 Å². The van der Waals surface area contributed by atoms with Crippen LogP contribution in [-0.4, -0.2) is 21.0 Å². The van der Waals surface area contributed by atoms with Crippen LogP contribution in [0, 0.1) is 19.8 Å². The van der Waals surface area contributed by atoms with E-state index in [1.54, 1.807) is 6.07 Å². The Bertz CT molecular complexity index is 578. The van der Waals surface area contributed by atoms with Gasteiger partial charge < -0.3 is 5.73 Å². The van der Waals surface area contributed by atoms with Crippen LogP contribution in [0.2, 0.25) is 0 Å². The van der Waals surface area contributed by atoms with E-state index in [0.717, 1.165) is 24.0 Å². The summed E-state index contributed by atoms with van der Waals surface area (Å²) in [4.78, 5) is 0.372. The lowest BCUT2D eigenvalue weighted by molar-refractivity contribution is 0.294. The van der Waals surface area contributed by atoms with Gasteiger partial charge >= 0.3 is 0 Å². The van der Waals surface area contributed by atoms with Gasteiger partial charge in [0.05, 0.1) is 4.90 Å². The molecule has 1 aromatic rings. The molecule has 1 saturated carbocycles. The predicted octanol–water partition coefficient (Wildman–Crippen LogP) is 2.49. The molecule has 0 amide bonds. The largest absolute Gasteiger partial charge is 0.329 e. The molecule has 0 heterocycles. The number of rotatable bonds is 5. The van der Waals surface area contributed by atoms with Crippen molar-refractivity contribution in [3.8, 4) is 0 Å². The number of nitrogens with one attached hydrogen (secondary N) is 1. The molecule has 118 valence electrons. The van der Waals surface area contributed by atoms with Crippen molar-refractivity contribution in [2.24, 2.45) is 11.7 Å². The summed E-state index contributed by atoms with van der Waals surface area (Å²) in [6, 6.07) is 5.35. The minimum atomic E-state index is -3.50. The molecule has 0 aromatic heterocycles. The molecule has 0 spiro atoms. The van der Waals surface area contributed by atoms with Gasteiger partial charge in [-0.1, -0.05) is 31.4 Å². The molecule has 4 nitrogen and oxygen atoms in total. The van der Waals surface area contributed by atoms with E-state index in [4.69, 9.17) is 5.73 Å². The fourth-order valence-corrected chi connectivity index (χ4v) is 4.78. The van der Waals surface area contributed by atoms with Crippen LogP contribution in [0.3, 0.4) is 0 Å². The number of nitrogens with two attached hydrogens (primary N) is 1. The van der Waals surface area contributed by atoms with E-state index in [0.29, 0.717) is 17.4 Å². The Kier molecular flexibility index (Phi) is 5.41. The Hall–Kier alpha value is -0.910. The van der Waals surface area contributed by atoms with Crippen molar-refractivity contribution >= 4 is 10.0 Å². The molecule has 1 unspecified atom stereocenters. The molecule has 3 N–H and O–H groups in total. The van der Waals surface area contributed by atoms with Crippen LogP contribution in [0.1, 0.15) is 43.2 Å². The van der Waals surface area contributed by atoms with Crippen LogP contribution in [0.5, 0.6) is 0 Å². The summed E-state index contributed by atoms with van der Waals surface area (Å²) in [6.45, 7) is 4.08. The number of sulfonamides is 1. The Morgan fingerprint density at radius 1 is 1.24 bits per heavy atom. The van der Waals surface area contributed by atoms with Crippen LogP contribution in [0.4, 0.5) is 0 Å². The van der Waals surface area contributed by atoms with Gasteiger partial charge in [0, 0.05) is 12.6 Å². The van der Waals surface area contributed by atoms with Crippen molar-refractivity contribution in [1.29, 1.82) is 0 Å². The van der Waals surface area contributed by atoms with Crippen LogP contribution >= 0.6 is 0 Å². The maximum absolute atomic E-state index is 12.7. The van der Waals surface area contributed by atoms with Crippen LogP contribution in [-0.2, 0) is 10.0 Å². The second-order valence-corrected chi connectivity index (χ2v) is 7.81. The minimum absolute atomic E-state index is 0.157. The van der Waals surface area contributed by atoms with E-state index in [2.05, 4.69) is 4.72 Å². The van der Waals surface area contributed by atoms with Gasteiger partial charge in [0.2, 0.25) is 10.0 Å². The molecule has 0 aliphatic heterocycles. The Morgan fingerprint density at radius 2 is 1.90 bits per heavy atom. The number of benzene rings is 1. The van der Waals surface area contributed by atoms with Gasteiger partial charge in [-0.3, -0.25) is 0 Å². The Labute approximate surface area is 128 Å². The molecule has 0 bridgehead atoms. The van der Waals surface area contributed by atoms with Crippen LogP contribution in [0.25, 0.3) is 0 Å². The zero-order valence-corrected chi connectivity index (χ0v) is 13.7. The number of hydrogen-bond acceptors (Lipinski definition) is 3. The summed E-state index contributed by atoms with van der Waals surface area (Å²) in [5, 5.41) is 0. The van der Waals surface area contributed by atoms with Gasteiger partial charge in [0.15, 0.2) is 0 Å². The van der Waals surface area contributed by atoms with Gasteiger partial charge in [0.25, 0.3) is 0 Å². The normalized spacial score (nSPS) is 18.6. The van der Waals surface area contributed by atoms with Crippen LogP contribution < -0.4 is 10.5 Å². The van der Waals surface area contributed by atoms with Crippen molar-refractivity contribution in [2.45, 2.75) is 56.9 Å². The maximum Gasteiger partial charge on any atom is 0.241 e. The first kappa shape index (κ1) is 16.5. The highest BCUT2D eigenvalue weighted by molar-refractivity contribution is 7.89. The number of hydrogen-bond donors (Lipinski definition) is 2. The minimum Gasteiger partial charge on any atom is -0.329 e. The Morgan fingerprint density at radius 3 is 2.52 bits per heavy atom. The van der Waals surface area contributed by atoms with Crippen molar-refractivity contribution in [3.63, 3.8) is 0 Å². The zero-order chi connectivity index (χ0) is 15.5. The van der Waals surface area contributed by atoms with E-state index in [9.17, 15) is 8.42 Å². The lowest BCUT2D eigenvalue weighted by Crippen LogP contribution is -2.45. The average molecular weight is 310 g/mol. The van der Waals surface area contributed by atoms with Gasteiger partial charge in [0.1, 0.15) is 0 Å². The lowest BCUT2D eigenvalue weighted by atomic mass is 9.84. The highest BCUT2D eigenvalue weighted by atomic mass is 32.2. The molecule has 0 radical (unpaired) electrons. The lowest BCUT2D eigenvalue weighted by Gasteiger charge is -2.30. The summed E-state index contributed by atoms with van der Waals surface area (Å²) in [6.07, 6.45) is 5.73. The summed E-state index contributed by atoms with van der Waals surface area (Å²) < 4.78 is 28.1. The van der Waals surface area contributed by atoms with E-state index >= 15 is 0 Å². The highest BCUT2D eigenvalue weighted by Gasteiger charge is 2.28. The second-order valence-electron chi connectivity index (χ2n) is 6.13. The van der Waals surface area contributed by atoms with Crippen molar-refractivity contribution in [2.75, 3.05) is 6.54 Å². The first-order valence-electron chi connectivity index (χ1n) is 7.73. The fourth-order valence-electron chi connectivity index (χ4n) is 3.13. The van der Waals surface area contributed by atoms with E-state index in [-0.39, 0.29) is 6.04 Å². The summed E-state index contributed by atoms with van der Waals surface area (Å²) in [5.41, 5.74) is 7.55. The molecule has 1 aliphatic rings. The summed E-state index contributed by atoms with van der Waals surface area (Å²) in [7, 11) is -3.50. The molecular formula is C16H26N2O2S. The first-order valence-corrected chi connectivity index (χ1v) is 9.22. The smallest absolute Gasteiger partial charge is 0.241 e. The molecular weight excluding hydrogens is 284 g/mol. The molecule has 1 atom stereocenters. The molecule has 1 fully saturated rings. The first-order chi connectivity index (χ1) is 9.94. The third-order valence-corrected chi connectivity index (χ3v) is 6.04. The average Bonchev–Trinajstić information content (AvgIpc) is 2.48. The van der Waals surface area contributed by atoms with Crippen LogP contribution in [0.15, 0.2) is 23.1 Å². The summed E-state index contributed by atoms with van der Waals surface area (Å²) >= 11 is 0. The Balaban J connectivity index is 2.20. The van der Waals surface area contributed by atoms with Gasteiger partial charge in [-0.05, 0) is 49.8 Å². The third-order valence-electron chi connectivity index (χ3n) is 4.41. The van der Waals surface area contributed by atoms with Gasteiger partial charge in [-0.15, -0.1) is 0 Å². The molecule has 21 heavy (non-hydrogen) atoms.